The highest BCUT2D eigenvalue weighted by atomic mass is 15.4. The fourth-order valence-corrected chi connectivity index (χ4v) is 1.59. The number of rotatable bonds is 2. The average molecular weight is 214 g/mol. The molecule has 16 heavy (non-hydrogen) atoms. The van der Waals surface area contributed by atoms with Gasteiger partial charge in [-0.2, -0.15) is 9.61 Å². The molecule has 0 spiro atoms. The molecule has 3 heterocycles. The molecule has 0 fully saturated rings. The molecule has 6 nitrogen and oxygen atoms in total. The van der Waals surface area contributed by atoms with Gasteiger partial charge in [-0.15, -0.1) is 10.2 Å². The van der Waals surface area contributed by atoms with Gasteiger partial charge in [-0.1, -0.05) is 0 Å². The van der Waals surface area contributed by atoms with E-state index in [0.717, 1.165) is 11.4 Å². The van der Waals surface area contributed by atoms with Crippen LogP contribution in [-0.2, 0) is 6.54 Å². The Morgan fingerprint density at radius 1 is 1.25 bits per heavy atom. The first-order valence-corrected chi connectivity index (χ1v) is 4.93. The normalized spacial score (nSPS) is 11.1. The lowest BCUT2D eigenvalue weighted by Crippen LogP contribution is -2.05. The van der Waals surface area contributed by atoms with Gasteiger partial charge >= 0.3 is 0 Å². The lowest BCUT2D eigenvalue weighted by molar-refractivity contribution is 0.810. The minimum atomic E-state index is 0.322. The van der Waals surface area contributed by atoms with Crippen LogP contribution in [0.3, 0.4) is 0 Å². The van der Waals surface area contributed by atoms with Crippen LogP contribution in [0.1, 0.15) is 5.82 Å². The molecular formula is C10H10N6. The Balaban J connectivity index is 2.21. The van der Waals surface area contributed by atoms with Crippen LogP contribution in [0.5, 0.6) is 0 Å². The molecule has 3 N–H and O–H groups in total. The van der Waals surface area contributed by atoms with Crippen LogP contribution in [0.4, 0.5) is 0 Å². The lowest BCUT2D eigenvalue weighted by atomic mass is 10.3. The second-order valence-electron chi connectivity index (χ2n) is 3.39. The van der Waals surface area contributed by atoms with Crippen molar-refractivity contribution in [2.75, 3.05) is 0 Å². The minimum absolute atomic E-state index is 0.322. The Labute approximate surface area is 91.1 Å². The predicted molar refractivity (Wildman–Crippen MR) is 58.5 cm³/mol. The Kier molecular flexibility index (Phi) is 1.94. The topological polar surface area (TPSA) is 84.9 Å². The number of fused-ring (bicyclic) bond motifs is 1. The Morgan fingerprint density at radius 3 is 2.94 bits per heavy atom. The number of nitrogens with two attached hydrogens (primary N) is 1. The van der Waals surface area contributed by atoms with Gasteiger partial charge in [-0.25, -0.2) is 0 Å². The van der Waals surface area contributed by atoms with Gasteiger partial charge in [-0.05, 0) is 24.3 Å². The first-order chi connectivity index (χ1) is 7.88. The summed E-state index contributed by atoms with van der Waals surface area (Å²) in [7, 11) is 0. The summed E-state index contributed by atoms with van der Waals surface area (Å²) in [6, 6.07) is 7.66. The SMILES string of the molecule is NCc1nnc2ccc(-c3ccc[nH]3)nn12. The van der Waals surface area contributed by atoms with Crippen molar-refractivity contribution in [1.82, 2.24) is 24.8 Å². The Bertz CT molecular complexity index is 609. The number of nitrogens with one attached hydrogen (secondary N) is 1. The van der Waals surface area contributed by atoms with E-state index in [-0.39, 0.29) is 0 Å². The molecule has 0 aliphatic carbocycles. The molecule has 0 radical (unpaired) electrons. The fraction of sp³-hybridized carbons (Fsp3) is 0.100. The third-order valence-electron chi connectivity index (χ3n) is 2.38. The van der Waals surface area contributed by atoms with E-state index in [1.165, 1.54) is 0 Å². The Hall–Kier alpha value is -2.21. The molecule has 80 valence electrons. The van der Waals surface area contributed by atoms with Crippen LogP contribution in [0.2, 0.25) is 0 Å². The van der Waals surface area contributed by atoms with Crippen LogP contribution in [0, 0.1) is 0 Å². The maximum absolute atomic E-state index is 5.56. The summed E-state index contributed by atoms with van der Waals surface area (Å²) in [5.74, 6) is 0.656. The highest BCUT2D eigenvalue weighted by molar-refractivity contribution is 5.55. The summed E-state index contributed by atoms with van der Waals surface area (Å²) in [5, 5.41) is 12.4. The smallest absolute Gasteiger partial charge is 0.177 e. The maximum Gasteiger partial charge on any atom is 0.177 e. The van der Waals surface area contributed by atoms with E-state index in [4.69, 9.17) is 5.73 Å². The van der Waals surface area contributed by atoms with Crippen LogP contribution in [-0.4, -0.2) is 24.8 Å². The van der Waals surface area contributed by atoms with E-state index in [1.54, 1.807) is 4.52 Å². The second-order valence-corrected chi connectivity index (χ2v) is 3.39. The van der Waals surface area contributed by atoms with E-state index in [0.29, 0.717) is 18.0 Å². The van der Waals surface area contributed by atoms with Crippen molar-refractivity contribution >= 4 is 5.65 Å². The number of aromatic nitrogens is 5. The molecule has 0 saturated carbocycles. The van der Waals surface area contributed by atoms with Crippen molar-refractivity contribution in [2.24, 2.45) is 5.73 Å². The first-order valence-electron chi connectivity index (χ1n) is 4.93. The Morgan fingerprint density at radius 2 is 2.19 bits per heavy atom. The van der Waals surface area contributed by atoms with Crippen molar-refractivity contribution < 1.29 is 0 Å². The van der Waals surface area contributed by atoms with E-state index >= 15 is 0 Å². The summed E-state index contributed by atoms with van der Waals surface area (Å²) >= 11 is 0. The number of nitrogens with zero attached hydrogens (tertiary/aromatic N) is 4. The van der Waals surface area contributed by atoms with Gasteiger partial charge in [0.25, 0.3) is 0 Å². The van der Waals surface area contributed by atoms with Gasteiger partial charge in [0.05, 0.1) is 12.2 Å². The summed E-state index contributed by atoms with van der Waals surface area (Å²) in [6.07, 6.45) is 1.86. The molecule has 0 saturated heterocycles. The maximum atomic E-state index is 5.56. The second kappa shape index (κ2) is 3.42. The van der Waals surface area contributed by atoms with Crippen molar-refractivity contribution in [3.05, 3.63) is 36.3 Å². The molecule has 0 atom stereocenters. The van der Waals surface area contributed by atoms with E-state index in [1.807, 2.05) is 30.5 Å². The molecule has 3 rings (SSSR count). The van der Waals surface area contributed by atoms with Crippen LogP contribution < -0.4 is 5.73 Å². The van der Waals surface area contributed by atoms with Gasteiger partial charge in [0.1, 0.15) is 5.69 Å². The van der Waals surface area contributed by atoms with Crippen molar-refractivity contribution in [3.63, 3.8) is 0 Å². The van der Waals surface area contributed by atoms with Crippen molar-refractivity contribution in [2.45, 2.75) is 6.54 Å². The largest absolute Gasteiger partial charge is 0.360 e. The van der Waals surface area contributed by atoms with Gasteiger partial charge in [0.2, 0.25) is 0 Å². The molecule has 3 aromatic heterocycles. The molecule has 0 aromatic carbocycles. The van der Waals surface area contributed by atoms with E-state index < -0.39 is 0 Å². The zero-order chi connectivity index (χ0) is 11.0. The van der Waals surface area contributed by atoms with Gasteiger partial charge < -0.3 is 10.7 Å². The van der Waals surface area contributed by atoms with Gasteiger partial charge in [0, 0.05) is 6.20 Å². The summed E-state index contributed by atoms with van der Waals surface area (Å²) in [4.78, 5) is 3.10. The fourth-order valence-electron chi connectivity index (χ4n) is 1.59. The number of H-pyrrole nitrogens is 1. The van der Waals surface area contributed by atoms with Gasteiger partial charge in [0.15, 0.2) is 11.5 Å². The molecule has 0 amide bonds. The monoisotopic (exact) mass is 214 g/mol. The first kappa shape index (κ1) is 9.05. The zero-order valence-electron chi connectivity index (χ0n) is 8.46. The highest BCUT2D eigenvalue weighted by Gasteiger charge is 2.07. The predicted octanol–water partition coefficient (Wildman–Crippen LogP) is 0.578. The quantitative estimate of drug-likeness (QED) is 0.653. The minimum Gasteiger partial charge on any atom is -0.360 e. The van der Waals surface area contributed by atoms with Crippen LogP contribution in [0.15, 0.2) is 30.5 Å². The highest BCUT2D eigenvalue weighted by Crippen LogP contribution is 2.14. The van der Waals surface area contributed by atoms with Crippen molar-refractivity contribution in [3.8, 4) is 11.4 Å². The summed E-state index contributed by atoms with van der Waals surface area (Å²) in [6.45, 7) is 0.322. The summed E-state index contributed by atoms with van der Waals surface area (Å²) in [5.41, 5.74) is 8.06. The molecule has 0 unspecified atom stereocenters. The zero-order valence-corrected chi connectivity index (χ0v) is 8.46. The molecule has 6 heteroatoms. The average Bonchev–Trinajstić information content (AvgIpc) is 2.97. The van der Waals surface area contributed by atoms with Crippen LogP contribution >= 0.6 is 0 Å². The van der Waals surface area contributed by atoms with E-state index in [2.05, 4.69) is 20.3 Å². The number of hydrogen-bond acceptors (Lipinski definition) is 4. The third kappa shape index (κ3) is 1.28. The summed E-state index contributed by atoms with van der Waals surface area (Å²) < 4.78 is 1.66. The molecular weight excluding hydrogens is 204 g/mol. The third-order valence-corrected chi connectivity index (χ3v) is 2.38. The standard InChI is InChI=1S/C10H10N6/c11-6-10-14-13-9-4-3-8(15-16(9)10)7-2-1-5-12-7/h1-5,12H,6,11H2. The number of aromatic amines is 1. The van der Waals surface area contributed by atoms with Crippen molar-refractivity contribution in [1.29, 1.82) is 0 Å². The van der Waals surface area contributed by atoms with E-state index in [9.17, 15) is 0 Å². The number of hydrogen-bond donors (Lipinski definition) is 2. The lowest BCUT2D eigenvalue weighted by Gasteiger charge is -1.99. The molecule has 0 bridgehead atoms. The molecule has 0 aliphatic rings. The van der Waals surface area contributed by atoms with Gasteiger partial charge in [-0.3, -0.25) is 0 Å². The molecule has 3 aromatic rings. The van der Waals surface area contributed by atoms with Crippen LogP contribution in [0.25, 0.3) is 17.0 Å². The molecule has 0 aliphatic heterocycles.